The van der Waals surface area contributed by atoms with Crippen molar-refractivity contribution in [1.29, 1.82) is 0 Å². The van der Waals surface area contributed by atoms with Gasteiger partial charge in [-0.25, -0.2) is 0 Å². The monoisotopic (exact) mass is 312 g/mol. The van der Waals surface area contributed by atoms with Gasteiger partial charge in [-0.2, -0.15) is 0 Å². The molecule has 5 nitrogen and oxygen atoms in total. The van der Waals surface area contributed by atoms with Gasteiger partial charge >= 0.3 is 6.16 Å². The van der Waals surface area contributed by atoms with Gasteiger partial charge in [-0.05, 0) is 38.0 Å². The minimum atomic E-state index is -1.23. The van der Waals surface area contributed by atoms with Gasteiger partial charge in [0.15, 0.2) is 0 Å². The second-order valence-electron chi connectivity index (χ2n) is 7.56. The molecule has 3 aliphatic heterocycles. The van der Waals surface area contributed by atoms with Gasteiger partial charge in [0.05, 0.1) is 38.6 Å². The van der Waals surface area contributed by atoms with Gasteiger partial charge in [0.25, 0.3) is 0 Å². The van der Waals surface area contributed by atoms with Crippen LogP contribution in [0.3, 0.4) is 0 Å². The van der Waals surface area contributed by atoms with Gasteiger partial charge in [-0.3, -0.25) is 0 Å². The number of fused-ring (bicyclic) bond motifs is 1. The van der Waals surface area contributed by atoms with Gasteiger partial charge in [0.1, 0.15) is 0 Å². The SMILES string of the molecule is CCC1(CC)COC2(OCC(CC3CC4OC4C3)CO2)OC1. The van der Waals surface area contributed by atoms with E-state index < -0.39 is 6.16 Å². The lowest BCUT2D eigenvalue weighted by Gasteiger charge is -2.46. The van der Waals surface area contributed by atoms with Crippen LogP contribution in [-0.4, -0.2) is 44.8 Å². The van der Waals surface area contributed by atoms with Crippen molar-refractivity contribution in [2.24, 2.45) is 17.3 Å². The van der Waals surface area contributed by atoms with Crippen molar-refractivity contribution in [2.75, 3.05) is 26.4 Å². The van der Waals surface area contributed by atoms with Crippen LogP contribution in [0, 0.1) is 17.3 Å². The average molecular weight is 312 g/mol. The first-order valence-corrected chi connectivity index (χ1v) is 8.87. The standard InChI is InChI=1S/C17H28O5/c1-3-16(4-2)10-20-17(21-11-16)18-8-13(9-19-17)5-12-6-14-15(7-12)22-14/h12-15H,3-11H2,1-2H3. The Morgan fingerprint density at radius 1 is 0.818 bits per heavy atom. The summed E-state index contributed by atoms with van der Waals surface area (Å²) in [6, 6.07) is 0. The lowest BCUT2D eigenvalue weighted by molar-refractivity contribution is -0.541. The largest absolute Gasteiger partial charge is 0.412 e. The van der Waals surface area contributed by atoms with E-state index in [0.29, 0.717) is 44.6 Å². The van der Waals surface area contributed by atoms with Crippen LogP contribution in [-0.2, 0) is 23.7 Å². The Morgan fingerprint density at radius 2 is 1.41 bits per heavy atom. The van der Waals surface area contributed by atoms with Gasteiger partial charge in [-0.15, -0.1) is 0 Å². The molecule has 0 bridgehead atoms. The zero-order chi connectivity index (χ0) is 15.2. The molecule has 3 heterocycles. The van der Waals surface area contributed by atoms with Crippen molar-refractivity contribution in [2.45, 2.75) is 64.3 Å². The molecular weight excluding hydrogens is 284 g/mol. The maximum absolute atomic E-state index is 5.86. The number of hydrogen-bond acceptors (Lipinski definition) is 5. The second-order valence-corrected chi connectivity index (χ2v) is 7.56. The van der Waals surface area contributed by atoms with Crippen LogP contribution < -0.4 is 0 Å². The summed E-state index contributed by atoms with van der Waals surface area (Å²) in [4.78, 5) is 0. The Kier molecular flexibility index (Phi) is 3.98. The predicted molar refractivity (Wildman–Crippen MR) is 79.0 cm³/mol. The Hall–Kier alpha value is -0.200. The minimum Gasteiger partial charge on any atom is -0.370 e. The summed E-state index contributed by atoms with van der Waals surface area (Å²) in [5.41, 5.74) is 0.111. The van der Waals surface area contributed by atoms with E-state index in [0.717, 1.165) is 18.8 Å². The molecule has 2 unspecified atom stereocenters. The maximum Gasteiger partial charge on any atom is 0.412 e. The highest BCUT2D eigenvalue weighted by atomic mass is 17.0. The maximum atomic E-state index is 5.86. The molecule has 0 aromatic carbocycles. The Labute approximate surface area is 132 Å². The molecule has 0 N–H and O–H groups in total. The molecule has 126 valence electrons. The third-order valence-electron chi connectivity index (χ3n) is 6.09. The van der Waals surface area contributed by atoms with Gasteiger partial charge in [0, 0.05) is 11.3 Å². The summed E-state index contributed by atoms with van der Waals surface area (Å²) in [6.07, 6.45) is 5.59. The molecule has 22 heavy (non-hydrogen) atoms. The van der Waals surface area contributed by atoms with Crippen molar-refractivity contribution in [3.8, 4) is 0 Å². The van der Waals surface area contributed by atoms with Gasteiger partial charge < -0.3 is 23.7 Å². The smallest absolute Gasteiger partial charge is 0.370 e. The molecule has 2 atom stereocenters. The first kappa shape index (κ1) is 15.3. The summed E-state index contributed by atoms with van der Waals surface area (Å²) in [5.74, 6) is 1.22. The van der Waals surface area contributed by atoms with Gasteiger partial charge in [-0.1, -0.05) is 13.8 Å². The van der Waals surface area contributed by atoms with E-state index in [1.54, 1.807) is 0 Å². The molecular formula is C17H28O5. The van der Waals surface area contributed by atoms with Crippen LogP contribution >= 0.6 is 0 Å². The van der Waals surface area contributed by atoms with Crippen molar-refractivity contribution >= 4 is 0 Å². The van der Waals surface area contributed by atoms with Crippen LogP contribution in [0.25, 0.3) is 0 Å². The fraction of sp³-hybridized carbons (Fsp3) is 1.00. The Morgan fingerprint density at radius 3 is 1.95 bits per heavy atom. The summed E-state index contributed by atoms with van der Waals surface area (Å²) in [5, 5.41) is 0. The Bertz CT molecular complexity index is 378. The highest BCUT2D eigenvalue weighted by molar-refractivity contribution is 4.96. The molecule has 4 fully saturated rings. The zero-order valence-corrected chi connectivity index (χ0v) is 13.7. The van der Waals surface area contributed by atoms with E-state index in [1.165, 1.54) is 19.3 Å². The fourth-order valence-corrected chi connectivity index (χ4v) is 4.07. The van der Waals surface area contributed by atoms with E-state index in [9.17, 15) is 0 Å². The summed E-state index contributed by atoms with van der Waals surface area (Å²) < 4.78 is 28.9. The zero-order valence-electron chi connectivity index (χ0n) is 13.7. The minimum absolute atomic E-state index is 0.111. The molecule has 0 amide bonds. The highest BCUT2D eigenvalue weighted by Crippen LogP contribution is 2.45. The van der Waals surface area contributed by atoms with E-state index in [1.807, 2.05) is 0 Å². The lowest BCUT2D eigenvalue weighted by Crippen LogP contribution is -2.56. The second kappa shape index (κ2) is 5.71. The summed E-state index contributed by atoms with van der Waals surface area (Å²) in [6.45, 7) is 6.99. The first-order valence-electron chi connectivity index (χ1n) is 8.87. The van der Waals surface area contributed by atoms with E-state index in [2.05, 4.69) is 13.8 Å². The fourth-order valence-electron chi connectivity index (χ4n) is 4.07. The van der Waals surface area contributed by atoms with Crippen LogP contribution in [0.2, 0.25) is 0 Å². The summed E-state index contributed by atoms with van der Waals surface area (Å²) in [7, 11) is 0. The quantitative estimate of drug-likeness (QED) is 0.747. The van der Waals surface area contributed by atoms with Crippen molar-refractivity contribution in [1.82, 2.24) is 0 Å². The van der Waals surface area contributed by atoms with E-state index >= 15 is 0 Å². The van der Waals surface area contributed by atoms with Gasteiger partial charge in [0.2, 0.25) is 0 Å². The summed E-state index contributed by atoms with van der Waals surface area (Å²) >= 11 is 0. The van der Waals surface area contributed by atoms with Crippen LogP contribution in [0.15, 0.2) is 0 Å². The molecule has 3 saturated heterocycles. The lowest BCUT2D eigenvalue weighted by atomic mass is 9.84. The Balaban J connectivity index is 1.25. The van der Waals surface area contributed by atoms with Crippen LogP contribution in [0.4, 0.5) is 0 Å². The number of ether oxygens (including phenoxy) is 5. The van der Waals surface area contributed by atoms with E-state index in [-0.39, 0.29) is 5.41 Å². The van der Waals surface area contributed by atoms with Crippen molar-refractivity contribution in [3.63, 3.8) is 0 Å². The molecule has 1 spiro atoms. The van der Waals surface area contributed by atoms with Crippen molar-refractivity contribution in [3.05, 3.63) is 0 Å². The average Bonchev–Trinajstić information content (AvgIpc) is 3.18. The van der Waals surface area contributed by atoms with Crippen molar-refractivity contribution < 1.29 is 23.7 Å². The number of hydrogen-bond donors (Lipinski definition) is 0. The normalized spacial score (nSPS) is 39.8. The third kappa shape index (κ3) is 2.82. The first-order chi connectivity index (χ1) is 10.7. The predicted octanol–water partition coefficient (Wildman–Crippen LogP) is 2.68. The molecule has 0 aromatic rings. The van der Waals surface area contributed by atoms with Crippen LogP contribution in [0.1, 0.15) is 46.0 Å². The third-order valence-corrected chi connectivity index (χ3v) is 6.09. The number of epoxide rings is 1. The number of rotatable bonds is 4. The highest BCUT2D eigenvalue weighted by Gasteiger charge is 2.51. The molecule has 1 aliphatic carbocycles. The molecule has 5 heteroatoms. The van der Waals surface area contributed by atoms with E-state index in [4.69, 9.17) is 23.7 Å². The van der Waals surface area contributed by atoms with Crippen LogP contribution in [0.5, 0.6) is 0 Å². The molecule has 0 radical (unpaired) electrons. The molecule has 0 aromatic heterocycles. The molecule has 4 aliphatic rings. The topological polar surface area (TPSA) is 49.5 Å². The molecule has 1 saturated carbocycles. The molecule has 4 rings (SSSR count).